The van der Waals surface area contributed by atoms with Crippen molar-refractivity contribution < 1.29 is 80.2 Å². The number of hydrogen-bond donors (Lipinski definition) is 3. The summed E-state index contributed by atoms with van der Waals surface area (Å²) in [6.07, 6.45) is 59.5. The van der Waals surface area contributed by atoms with Crippen LogP contribution in [0.2, 0.25) is 0 Å². The number of aliphatic hydroxyl groups excluding tert-OH is 1. The van der Waals surface area contributed by atoms with Crippen LogP contribution in [0.4, 0.5) is 0 Å². The van der Waals surface area contributed by atoms with Crippen molar-refractivity contribution in [3.05, 3.63) is 0 Å². The highest BCUT2D eigenvalue weighted by Crippen LogP contribution is 2.45. The summed E-state index contributed by atoms with van der Waals surface area (Å²) in [6.45, 7) is 9.66. The van der Waals surface area contributed by atoms with Crippen LogP contribution in [0.5, 0.6) is 0 Å². The fourth-order valence-corrected chi connectivity index (χ4v) is 13.7. The molecule has 0 fully saturated rings. The Morgan fingerprint density at radius 1 is 0.296 bits per heavy atom. The van der Waals surface area contributed by atoms with Gasteiger partial charge in [0, 0.05) is 25.7 Å². The molecule has 0 saturated heterocycles. The van der Waals surface area contributed by atoms with E-state index in [-0.39, 0.29) is 25.7 Å². The molecule has 0 amide bonds. The highest BCUT2D eigenvalue weighted by Gasteiger charge is 2.30. The Morgan fingerprint density at radius 2 is 0.520 bits per heavy atom. The third-order valence-electron chi connectivity index (χ3n) is 18.8. The maximum absolute atomic E-state index is 13.1. The second kappa shape index (κ2) is 70.7. The minimum Gasteiger partial charge on any atom is -0.462 e. The molecule has 0 aromatic rings. The van der Waals surface area contributed by atoms with Gasteiger partial charge in [-0.15, -0.1) is 0 Å². The van der Waals surface area contributed by atoms with Crippen molar-refractivity contribution in [1.29, 1.82) is 0 Å². The maximum atomic E-state index is 13.1. The number of phosphoric ester groups is 2. The zero-order chi connectivity index (χ0) is 72.1. The Labute approximate surface area is 600 Å². The fraction of sp³-hybridized carbons (Fsp3) is 0.949. The van der Waals surface area contributed by atoms with E-state index in [4.69, 9.17) is 37.0 Å². The maximum Gasteiger partial charge on any atom is 0.472 e. The number of carbonyl (C=O) groups excluding carboxylic acids is 4. The number of carbonyl (C=O) groups is 4. The van der Waals surface area contributed by atoms with Crippen LogP contribution in [0, 0.1) is 11.8 Å². The normalized spacial score (nSPS) is 14.2. The van der Waals surface area contributed by atoms with E-state index in [1.807, 2.05) is 0 Å². The number of aliphatic hydroxyl groups is 1. The fourth-order valence-electron chi connectivity index (χ4n) is 12.2. The lowest BCUT2D eigenvalue weighted by Crippen LogP contribution is -2.30. The zero-order valence-corrected chi connectivity index (χ0v) is 65.9. The van der Waals surface area contributed by atoms with Gasteiger partial charge in [0.25, 0.3) is 0 Å². The molecule has 0 radical (unpaired) electrons. The van der Waals surface area contributed by atoms with Gasteiger partial charge in [0.2, 0.25) is 0 Å². The molecule has 0 saturated carbocycles. The Morgan fingerprint density at radius 3 is 0.776 bits per heavy atom. The van der Waals surface area contributed by atoms with Crippen molar-refractivity contribution in [1.82, 2.24) is 0 Å². The Balaban J connectivity index is 5.23. The molecular weight excluding hydrogens is 1280 g/mol. The first-order chi connectivity index (χ1) is 47.4. The molecule has 582 valence electrons. The van der Waals surface area contributed by atoms with Gasteiger partial charge in [0.15, 0.2) is 12.2 Å². The molecule has 0 rings (SSSR count). The predicted molar refractivity (Wildman–Crippen MR) is 400 cm³/mol. The molecule has 0 aromatic carbocycles. The van der Waals surface area contributed by atoms with E-state index in [1.54, 1.807) is 0 Å². The summed E-state index contributed by atoms with van der Waals surface area (Å²) in [7, 11) is -9.91. The van der Waals surface area contributed by atoms with Crippen LogP contribution in [-0.2, 0) is 65.4 Å². The van der Waals surface area contributed by atoms with Crippen LogP contribution < -0.4 is 0 Å². The van der Waals surface area contributed by atoms with Gasteiger partial charge in [-0.1, -0.05) is 363 Å². The van der Waals surface area contributed by atoms with Gasteiger partial charge in [-0.3, -0.25) is 37.3 Å². The molecule has 6 atom stereocenters. The van der Waals surface area contributed by atoms with Gasteiger partial charge in [0.1, 0.15) is 19.3 Å². The smallest absolute Gasteiger partial charge is 0.462 e. The zero-order valence-electron chi connectivity index (χ0n) is 64.1. The van der Waals surface area contributed by atoms with Crippen LogP contribution in [0.1, 0.15) is 414 Å². The van der Waals surface area contributed by atoms with E-state index >= 15 is 0 Å². The van der Waals surface area contributed by atoms with Crippen LogP contribution in [0.25, 0.3) is 0 Å². The quantitative estimate of drug-likeness (QED) is 0.0222. The highest BCUT2D eigenvalue weighted by molar-refractivity contribution is 7.47. The summed E-state index contributed by atoms with van der Waals surface area (Å²) in [6, 6.07) is 0. The topological polar surface area (TPSA) is 237 Å². The van der Waals surface area contributed by atoms with Crippen molar-refractivity contribution >= 4 is 39.5 Å². The van der Waals surface area contributed by atoms with Crippen molar-refractivity contribution in [2.45, 2.75) is 432 Å². The first-order valence-corrected chi connectivity index (χ1v) is 44.0. The lowest BCUT2D eigenvalue weighted by molar-refractivity contribution is -0.161. The first kappa shape index (κ1) is 96.1. The molecule has 0 heterocycles. The second-order valence-electron chi connectivity index (χ2n) is 29.2. The number of hydrogen-bond acceptors (Lipinski definition) is 15. The van der Waals surface area contributed by atoms with Gasteiger partial charge < -0.3 is 33.8 Å². The lowest BCUT2D eigenvalue weighted by Gasteiger charge is -2.21. The summed E-state index contributed by atoms with van der Waals surface area (Å²) in [5.74, 6) is -0.499. The van der Waals surface area contributed by atoms with Crippen LogP contribution in [-0.4, -0.2) is 96.7 Å². The average molecular weight is 1440 g/mol. The van der Waals surface area contributed by atoms with E-state index in [9.17, 15) is 43.2 Å². The average Bonchev–Trinajstić information content (AvgIpc) is 1.01. The molecular formula is C79H154O17P2. The van der Waals surface area contributed by atoms with Crippen molar-refractivity contribution in [3.8, 4) is 0 Å². The van der Waals surface area contributed by atoms with Crippen LogP contribution in [0.15, 0.2) is 0 Å². The van der Waals surface area contributed by atoms with E-state index < -0.39 is 97.5 Å². The highest BCUT2D eigenvalue weighted by atomic mass is 31.2. The molecule has 19 heteroatoms. The predicted octanol–water partition coefficient (Wildman–Crippen LogP) is 23.5. The van der Waals surface area contributed by atoms with E-state index in [0.717, 1.165) is 102 Å². The van der Waals surface area contributed by atoms with Gasteiger partial charge in [0.05, 0.1) is 26.4 Å². The molecule has 0 aliphatic heterocycles. The summed E-state index contributed by atoms with van der Waals surface area (Å²) >= 11 is 0. The van der Waals surface area contributed by atoms with E-state index in [0.29, 0.717) is 25.7 Å². The van der Waals surface area contributed by atoms with Crippen molar-refractivity contribution in [3.63, 3.8) is 0 Å². The first-order valence-electron chi connectivity index (χ1n) is 41.0. The standard InChI is InChI=1S/C79H154O17P2/c1-7-10-12-14-16-18-19-20-21-25-28-31-38-44-50-56-62-77(82)90-68-75(95-78(83)63-57-51-45-39-32-29-26-23-22-24-27-30-36-41-47-53-59-71(4)5)70-94-98(87,88)92-66-73(80)65-91-97(85,86)93-69-74(67-89-76(81)61-55-49-43-35-17-15-13-11-8-2)96-79(84)64-58-52-46-40-34-33-37-42-48-54-60-72(6)9-3/h71-75,80H,7-70H2,1-6H3,(H,85,86)(H,87,88)/t72?,73-,74+,75+/m0/s1. The summed E-state index contributed by atoms with van der Waals surface area (Å²) in [5.41, 5.74) is 0. The molecule has 0 aliphatic rings. The van der Waals surface area contributed by atoms with Crippen LogP contribution >= 0.6 is 15.6 Å². The summed E-state index contributed by atoms with van der Waals surface area (Å²) in [5, 5.41) is 10.6. The van der Waals surface area contributed by atoms with Gasteiger partial charge in [-0.25, -0.2) is 9.13 Å². The SMILES string of the molecule is CCCCCCCCCCCCCCCCCCC(=O)OC[C@H](COP(=O)(O)OC[C@@H](O)COP(=O)(O)OC[C@@H](COC(=O)CCCCCCCCCCC)OC(=O)CCCCCCCCCCCCC(C)CC)OC(=O)CCCCCCCCCCCCCCCCCCC(C)C. The number of unbranched alkanes of at least 4 members (excludes halogenated alkanes) is 47. The third-order valence-corrected chi connectivity index (χ3v) is 20.7. The lowest BCUT2D eigenvalue weighted by atomic mass is 9.99. The molecule has 0 aromatic heterocycles. The van der Waals surface area contributed by atoms with Crippen molar-refractivity contribution in [2.75, 3.05) is 39.6 Å². The molecule has 17 nitrogen and oxygen atoms in total. The molecule has 0 aliphatic carbocycles. The number of esters is 4. The Bertz CT molecular complexity index is 1890. The Hall–Kier alpha value is -1.94. The largest absolute Gasteiger partial charge is 0.472 e. The minimum atomic E-state index is -4.96. The number of rotatable bonds is 78. The molecule has 3 unspecified atom stereocenters. The summed E-state index contributed by atoms with van der Waals surface area (Å²) < 4.78 is 68.6. The van der Waals surface area contributed by atoms with Gasteiger partial charge >= 0.3 is 39.5 Å². The Kier molecular flexibility index (Phi) is 69.3. The molecule has 98 heavy (non-hydrogen) atoms. The summed E-state index contributed by atoms with van der Waals surface area (Å²) in [4.78, 5) is 72.9. The monoisotopic (exact) mass is 1440 g/mol. The third kappa shape index (κ3) is 71.1. The van der Waals surface area contributed by atoms with E-state index in [2.05, 4.69) is 41.5 Å². The van der Waals surface area contributed by atoms with E-state index in [1.165, 1.54) is 231 Å². The minimum absolute atomic E-state index is 0.106. The molecule has 0 bridgehead atoms. The van der Waals surface area contributed by atoms with Crippen molar-refractivity contribution in [2.24, 2.45) is 11.8 Å². The van der Waals surface area contributed by atoms with Gasteiger partial charge in [-0.2, -0.15) is 0 Å². The second-order valence-corrected chi connectivity index (χ2v) is 32.1. The number of phosphoric acid groups is 2. The number of ether oxygens (including phenoxy) is 4. The molecule has 0 spiro atoms. The molecule has 3 N–H and O–H groups in total. The van der Waals surface area contributed by atoms with Gasteiger partial charge in [-0.05, 0) is 37.5 Å². The van der Waals surface area contributed by atoms with Crippen LogP contribution in [0.3, 0.4) is 0 Å².